The minimum absolute atomic E-state index is 2.85. The Morgan fingerprint density at radius 2 is 0.531 bits per heavy atom. The molecule has 1 rings (SSSR count). The quantitative estimate of drug-likeness (QED) is 0.113. The van der Waals surface area contributed by atoms with Crippen LogP contribution in [0.25, 0.3) is 0 Å². The lowest BCUT2D eigenvalue weighted by molar-refractivity contribution is -0.205. The fourth-order valence-corrected chi connectivity index (χ4v) is 5.33. The van der Waals surface area contributed by atoms with Crippen LogP contribution in [0.2, 0.25) is 0 Å². The van der Waals surface area contributed by atoms with Crippen molar-refractivity contribution in [2.75, 3.05) is 0 Å². The third-order valence-electron chi connectivity index (χ3n) is 3.26. The van der Waals surface area contributed by atoms with Crippen molar-refractivity contribution in [1.29, 1.82) is 0 Å². The molecule has 32 heavy (non-hydrogen) atoms. The van der Waals surface area contributed by atoms with E-state index in [-0.39, 0.29) is 0 Å². The smallest absolute Gasteiger partial charge is 0.387 e. The summed E-state index contributed by atoms with van der Waals surface area (Å²) in [5.74, 6) is 0. The molecule has 0 aromatic carbocycles. The van der Waals surface area contributed by atoms with E-state index in [0.717, 1.165) is 0 Å². The molecule has 1 fully saturated rings. The molecule has 0 amide bonds. The Kier molecular flexibility index (Phi) is 9.78. The lowest BCUT2D eigenvalue weighted by atomic mass is 9.85. The van der Waals surface area contributed by atoms with Gasteiger partial charge in [0.15, 0.2) is 0 Å². The van der Waals surface area contributed by atoms with Gasteiger partial charge in [-0.1, -0.05) is 0 Å². The summed E-state index contributed by atoms with van der Waals surface area (Å²) in [6.07, 6.45) is -17.4. The van der Waals surface area contributed by atoms with Crippen molar-refractivity contribution in [3.8, 4) is 0 Å². The standard InChI is InChI=1S/C6H17O21P5/c7-1-2(23-28(8,9)10)4(25-30(14,15)16)6(27-32(20,21)22)5(26-31(17,18)19)3(1)24-29(11,12)13/h1-7H,(H2,8,9,10)(H2,11,12,13)(H2,14,15,16)(H2,17,18,19)(H2,20,21,22)/t1?,2?,3?,4-,5?,6?/m1/s1. The number of aliphatic hydroxyl groups is 1. The van der Waals surface area contributed by atoms with Gasteiger partial charge in [-0.3, -0.25) is 22.6 Å². The third-order valence-corrected chi connectivity index (χ3v) is 5.85. The average Bonchev–Trinajstić information content (AvgIpc) is 2.45. The van der Waals surface area contributed by atoms with Gasteiger partial charge in [-0.05, 0) is 0 Å². The summed E-state index contributed by atoms with van der Waals surface area (Å²) in [4.78, 5) is 90.1. The lowest BCUT2D eigenvalue weighted by Crippen LogP contribution is -2.66. The topological polar surface area (TPSA) is 354 Å². The maximum atomic E-state index is 11.3. The van der Waals surface area contributed by atoms with E-state index in [1.54, 1.807) is 0 Å². The Hall–Kier alpha value is 0.510. The minimum Gasteiger partial charge on any atom is -0.387 e. The number of phosphoric acid groups is 5. The number of rotatable bonds is 10. The maximum absolute atomic E-state index is 11.3. The first-order valence-corrected chi connectivity index (χ1v) is 14.9. The first kappa shape index (κ1) is 30.5. The van der Waals surface area contributed by atoms with E-state index in [4.69, 9.17) is 48.9 Å². The average molecular weight is 580 g/mol. The number of phosphoric ester groups is 5. The highest BCUT2D eigenvalue weighted by Crippen LogP contribution is 2.54. The van der Waals surface area contributed by atoms with Gasteiger partial charge in [0.2, 0.25) is 0 Å². The van der Waals surface area contributed by atoms with Crippen molar-refractivity contribution in [1.82, 2.24) is 0 Å². The first-order valence-electron chi connectivity index (χ1n) is 7.26. The molecule has 0 heterocycles. The Balaban J connectivity index is 3.77. The molecule has 0 spiro atoms. The normalized spacial score (nSPS) is 31.0. The summed E-state index contributed by atoms with van der Waals surface area (Å²) >= 11 is 0. The molecule has 0 aromatic rings. The van der Waals surface area contributed by atoms with Crippen molar-refractivity contribution < 1.29 is 99.5 Å². The van der Waals surface area contributed by atoms with Gasteiger partial charge in [-0.25, -0.2) is 22.8 Å². The van der Waals surface area contributed by atoms with Gasteiger partial charge in [0.05, 0.1) is 0 Å². The highest BCUT2D eigenvalue weighted by molar-refractivity contribution is 7.47. The Morgan fingerprint density at radius 3 is 0.719 bits per heavy atom. The Labute approximate surface area is 176 Å². The predicted octanol–water partition coefficient (Wildman–Crippen LogP) is -3.25. The highest BCUT2D eigenvalue weighted by Gasteiger charge is 2.60. The van der Waals surface area contributed by atoms with E-state index >= 15 is 0 Å². The summed E-state index contributed by atoms with van der Waals surface area (Å²) in [7, 11) is -29.1. The van der Waals surface area contributed by atoms with Crippen LogP contribution in [-0.2, 0) is 45.4 Å². The molecule has 1 saturated carbocycles. The summed E-state index contributed by atoms with van der Waals surface area (Å²) in [6.45, 7) is 0. The molecule has 1 aliphatic carbocycles. The molecule has 0 aromatic heterocycles. The second-order valence-electron chi connectivity index (χ2n) is 5.79. The fraction of sp³-hybridized carbons (Fsp3) is 1.00. The maximum Gasteiger partial charge on any atom is 0.470 e. The van der Waals surface area contributed by atoms with Gasteiger partial charge in [0.25, 0.3) is 0 Å². The Bertz CT molecular complexity index is 824. The van der Waals surface area contributed by atoms with Crippen LogP contribution < -0.4 is 0 Å². The van der Waals surface area contributed by atoms with E-state index in [1.807, 2.05) is 0 Å². The van der Waals surface area contributed by atoms with Crippen LogP contribution in [0, 0.1) is 0 Å². The molecule has 0 aliphatic heterocycles. The molecular formula is C6H17O21P5. The molecule has 192 valence electrons. The lowest BCUT2D eigenvalue weighted by Gasteiger charge is -2.47. The van der Waals surface area contributed by atoms with Gasteiger partial charge >= 0.3 is 39.1 Å². The van der Waals surface area contributed by atoms with Gasteiger partial charge < -0.3 is 54.0 Å². The summed E-state index contributed by atoms with van der Waals surface area (Å²) < 4.78 is 76.6. The van der Waals surface area contributed by atoms with E-state index < -0.39 is 75.7 Å². The van der Waals surface area contributed by atoms with Crippen LogP contribution in [0.3, 0.4) is 0 Å². The highest BCUT2D eigenvalue weighted by atomic mass is 31.2. The second-order valence-corrected chi connectivity index (χ2v) is 11.8. The summed E-state index contributed by atoms with van der Waals surface area (Å²) in [6, 6.07) is 0. The van der Waals surface area contributed by atoms with E-state index in [0.29, 0.717) is 0 Å². The molecule has 1 aliphatic rings. The van der Waals surface area contributed by atoms with Crippen molar-refractivity contribution in [2.45, 2.75) is 36.6 Å². The van der Waals surface area contributed by atoms with Crippen LogP contribution >= 0.6 is 39.1 Å². The first-order chi connectivity index (χ1) is 13.9. The summed E-state index contributed by atoms with van der Waals surface area (Å²) in [5.41, 5.74) is 0. The Morgan fingerprint density at radius 1 is 0.375 bits per heavy atom. The van der Waals surface area contributed by atoms with Gasteiger partial charge in [-0.2, -0.15) is 0 Å². The number of hydrogen-bond acceptors (Lipinski definition) is 11. The van der Waals surface area contributed by atoms with Crippen LogP contribution in [0.5, 0.6) is 0 Å². The zero-order valence-electron chi connectivity index (χ0n) is 14.7. The predicted molar refractivity (Wildman–Crippen MR) is 90.6 cm³/mol. The van der Waals surface area contributed by atoms with Crippen LogP contribution in [0.1, 0.15) is 0 Å². The minimum atomic E-state index is -5.86. The van der Waals surface area contributed by atoms with Crippen LogP contribution in [0.15, 0.2) is 0 Å². The molecule has 21 nitrogen and oxygen atoms in total. The zero-order chi connectivity index (χ0) is 25.5. The zero-order valence-corrected chi connectivity index (χ0v) is 19.2. The number of hydrogen-bond donors (Lipinski definition) is 11. The largest absolute Gasteiger partial charge is 0.470 e. The van der Waals surface area contributed by atoms with Gasteiger partial charge in [0, 0.05) is 0 Å². The molecule has 11 N–H and O–H groups in total. The third kappa shape index (κ3) is 10.8. The van der Waals surface area contributed by atoms with Gasteiger partial charge in [0.1, 0.15) is 36.6 Å². The molecule has 0 saturated heterocycles. The molecule has 0 radical (unpaired) electrons. The van der Waals surface area contributed by atoms with Gasteiger partial charge in [-0.15, -0.1) is 0 Å². The van der Waals surface area contributed by atoms with E-state index in [9.17, 15) is 27.9 Å². The van der Waals surface area contributed by atoms with Crippen molar-refractivity contribution in [3.05, 3.63) is 0 Å². The molecule has 5 unspecified atom stereocenters. The summed E-state index contributed by atoms with van der Waals surface area (Å²) in [5, 5.41) is 10.3. The molecule has 0 bridgehead atoms. The fourth-order valence-electron chi connectivity index (χ4n) is 2.53. The molecule has 6 atom stereocenters. The van der Waals surface area contributed by atoms with Crippen molar-refractivity contribution in [2.24, 2.45) is 0 Å². The molecule has 26 heteroatoms. The monoisotopic (exact) mass is 580 g/mol. The van der Waals surface area contributed by atoms with E-state index in [2.05, 4.69) is 22.6 Å². The van der Waals surface area contributed by atoms with Crippen molar-refractivity contribution in [3.63, 3.8) is 0 Å². The second kappa shape index (κ2) is 10.2. The SMILES string of the molecule is O=P(O)(O)OC1C(O)C(OP(=O)(O)O)[C@@H](OP(=O)(O)O)C(OP(=O)(O)O)C1OP(=O)(O)O. The van der Waals surface area contributed by atoms with Crippen LogP contribution in [-0.4, -0.2) is 90.7 Å². The number of aliphatic hydroxyl groups excluding tert-OH is 1. The van der Waals surface area contributed by atoms with E-state index in [1.165, 1.54) is 0 Å². The van der Waals surface area contributed by atoms with Crippen molar-refractivity contribution >= 4 is 39.1 Å². The van der Waals surface area contributed by atoms with Crippen LogP contribution in [0.4, 0.5) is 0 Å². The molecular weight excluding hydrogens is 563 g/mol.